The summed E-state index contributed by atoms with van der Waals surface area (Å²) in [5, 5.41) is 2.74. The largest absolute Gasteiger partial charge is 0.522 e. The van der Waals surface area contributed by atoms with Gasteiger partial charge in [-0.25, -0.2) is 0 Å². The van der Waals surface area contributed by atoms with Gasteiger partial charge in [0.25, 0.3) is 0 Å². The van der Waals surface area contributed by atoms with Crippen molar-refractivity contribution in [2.75, 3.05) is 13.2 Å². The van der Waals surface area contributed by atoms with Crippen LogP contribution in [-0.2, 0) is 14.3 Å². The number of carbonyl (C=O) groups is 2. The summed E-state index contributed by atoms with van der Waals surface area (Å²) in [5.41, 5.74) is -2.22. The van der Waals surface area contributed by atoms with Crippen LogP contribution in [0.1, 0.15) is 33.6 Å². The van der Waals surface area contributed by atoms with E-state index in [0.29, 0.717) is 0 Å². The number of nitrogens with zero attached hydrogens (tertiary/aromatic N) is 1. The van der Waals surface area contributed by atoms with Gasteiger partial charge in [-0.2, -0.15) is 0 Å². The van der Waals surface area contributed by atoms with Gasteiger partial charge in [0, 0.05) is 6.54 Å². The summed E-state index contributed by atoms with van der Waals surface area (Å²) in [6.07, 6.45) is -3.09. The lowest BCUT2D eigenvalue weighted by Gasteiger charge is -2.49. The maximum absolute atomic E-state index is 12.6. The molecule has 1 N–H and O–H groups in total. The molecule has 5 nitrogen and oxygen atoms in total. The minimum atomic E-state index is -4.75. The third-order valence-corrected chi connectivity index (χ3v) is 4.27. The second-order valence-corrected chi connectivity index (χ2v) is 6.24. The number of ether oxygens (including phenoxy) is 1. The van der Waals surface area contributed by atoms with Gasteiger partial charge in [-0.05, 0) is 39.5 Å². The number of nitrogens with one attached hydrogen (secondary N) is 1. The summed E-state index contributed by atoms with van der Waals surface area (Å²) in [6, 6.07) is 0. The predicted molar refractivity (Wildman–Crippen MR) is 67.1 cm³/mol. The molecule has 2 rings (SSSR count). The molecular weight excluding hydrogens is 289 g/mol. The van der Waals surface area contributed by atoms with Crippen molar-refractivity contribution in [3.05, 3.63) is 0 Å². The van der Waals surface area contributed by atoms with E-state index in [9.17, 15) is 22.8 Å². The number of rotatable bonds is 4. The molecule has 1 atom stereocenters. The Bertz CT molecular complexity index is 460. The van der Waals surface area contributed by atoms with Crippen molar-refractivity contribution in [2.45, 2.75) is 51.1 Å². The molecule has 21 heavy (non-hydrogen) atoms. The smallest absolute Gasteiger partial charge is 0.340 e. The molecule has 2 amide bonds. The van der Waals surface area contributed by atoms with Crippen LogP contribution < -0.4 is 5.32 Å². The first kappa shape index (κ1) is 16.1. The van der Waals surface area contributed by atoms with E-state index in [1.807, 2.05) is 0 Å². The molecule has 120 valence electrons. The fourth-order valence-corrected chi connectivity index (χ4v) is 2.67. The summed E-state index contributed by atoms with van der Waals surface area (Å²) in [7, 11) is 0. The Hall–Kier alpha value is -1.31. The van der Waals surface area contributed by atoms with E-state index in [1.165, 1.54) is 18.7 Å². The first-order valence-electron chi connectivity index (χ1n) is 6.84. The zero-order valence-electron chi connectivity index (χ0n) is 12.2. The van der Waals surface area contributed by atoms with Gasteiger partial charge in [0.1, 0.15) is 11.1 Å². The van der Waals surface area contributed by atoms with Crippen LogP contribution in [0.25, 0.3) is 0 Å². The van der Waals surface area contributed by atoms with Crippen LogP contribution in [0.4, 0.5) is 13.2 Å². The Morgan fingerprint density at radius 3 is 2.33 bits per heavy atom. The minimum Gasteiger partial charge on any atom is -0.340 e. The molecular formula is C13H19F3N2O3. The number of piperazine rings is 1. The highest BCUT2D eigenvalue weighted by Crippen LogP contribution is 2.43. The molecule has 2 fully saturated rings. The molecule has 1 heterocycles. The molecule has 0 bridgehead atoms. The predicted octanol–water partition coefficient (Wildman–Crippen LogP) is 1.43. The second-order valence-electron chi connectivity index (χ2n) is 6.24. The summed E-state index contributed by atoms with van der Waals surface area (Å²) >= 11 is 0. The zero-order valence-corrected chi connectivity index (χ0v) is 12.2. The number of carbonyl (C=O) groups excluding carboxylic acids is 2. The molecule has 1 unspecified atom stereocenters. The summed E-state index contributed by atoms with van der Waals surface area (Å²) in [5.74, 6) is -0.653. The van der Waals surface area contributed by atoms with Gasteiger partial charge in [0.05, 0.1) is 6.61 Å². The van der Waals surface area contributed by atoms with Gasteiger partial charge in [-0.3, -0.25) is 14.3 Å². The molecule has 0 spiro atoms. The van der Waals surface area contributed by atoms with E-state index >= 15 is 0 Å². The number of halogens is 3. The second kappa shape index (κ2) is 4.86. The molecule has 8 heteroatoms. The van der Waals surface area contributed by atoms with Gasteiger partial charge < -0.3 is 10.2 Å². The highest BCUT2D eigenvalue weighted by atomic mass is 19.4. The first-order valence-corrected chi connectivity index (χ1v) is 6.84. The monoisotopic (exact) mass is 308 g/mol. The quantitative estimate of drug-likeness (QED) is 0.855. The highest BCUT2D eigenvalue weighted by Gasteiger charge is 2.57. The summed E-state index contributed by atoms with van der Waals surface area (Å²) < 4.78 is 39.9. The van der Waals surface area contributed by atoms with Crippen LogP contribution in [0, 0.1) is 5.92 Å². The normalized spacial score (nSPS) is 29.5. The van der Waals surface area contributed by atoms with E-state index in [0.717, 1.165) is 12.8 Å². The molecule has 0 aromatic rings. The fourth-order valence-electron chi connectivity index (χ4n) is 2.67. The Balaban J connectivity index is 2.14. The molecule has 1 aliphatic carbocycles. The number of hydrogen-bond acceptors (Lipinski definition) is 3. The van der Waals surface area contributed by atoms with Crippen LogP contribution in [0.3, 0.4) is 0 Å². The van der Waals surface area contributed by atoms with Crippen molar-refractivity contribution in [1.82, 2.24) is 10.2 Å². The van der Waals surface area contributed by atoms with E-state index in [1.54, 1.807) is 6.92 Å². The van der Waals surface area contributed by atoms with Crippen molar-refractivity contribution in [1.29, 1.82) is 0 Å². The SMILES string of the molecule is CC1(C2CC2)NC(=O)C(C)(C)N(CCOC(F)(F)F)C1=O. The van der Waals surface area contributed by atoms with Crippen molar-refractivity contribution in [2.24, 2.45) is 5.92 Å². The van der Waals surface area contributed by atoms with Gasteiger partial charge >= 0.3 is 6.36 Å². The third kappa shape index (κ3) is 3.00. The average Bonchev–Trinajstić information content (AvgIpc) is 3.14. The maximum atomic E-state index is 12.6. The Morgan fingerprint density at radius 1 is 1.29 bits per heavy atom. The number of alkyl halides is 3. The molecule has 1 saturated carbocycles. The van der Waals surface area contributed by atoms with Crippen molar-refractivity contribution < 1.29 is 27.5 Å². The summed E-state index contributed by atoms with van der Waals surface area (Å²) in [4.78, 5) is 26.0. The number of hydrogen-bond donors (Lipinski definition) is 1. The van der Waals surface area contributed by atoms with E-state index in [4.69, 9.17) is 0 Å². The number of amides is 2. The van der Waals surface area contributed by atoms with Crippen LogP contribution >= 0.6 is 0 Å². The lowest BCUT2D eigenvalue weighted by Crippen LogP contribution is -2.74. The Morgan fingerprint density at radius 2 is 1.86 bits per heavy atom. The van der Waals surface area contributed by atoms with Gasteiger partial charge in [0.2, 0.25) is 11.8 Å². The lowest BCUT2D eigenvalue weighted by molar-refractivity contribution is -0.325. The molecule has 0 radical (unpaired) electrons. The molecule has 0 aromatic carbocycles. The van der Waals surface area contributed by atoms with Crippen molar-refractivity contribution >= 4 is 11.8 Å². The molecule has 1 aliphatic heterocycles. The van der Waals surface area contributed by atoms with Gasteiger partial charge in [-0.1, -0.05) is 0 Å². The van der Waals surface area contributed by atoms with E-state index in [2.05, 4.69) is 10.1 Å². The van der Waals surface area contributed by atoms with Crippen LogP contribution in [-0.4, -0.2) is 47.3 Å². The lowest BCUT2D eigenvalue weighted by atomic mass is 9.85. The Labute approximate surface area is 120 Å². The third-order valence-electron chi connectivity index (χ3n) is 4.27. The fraction of sp³-hybridized carbons (Fsp3) is 0.846. The Kier molecular flexibility index (Phi) is 3.72. The minimum absolute atomic E-state index is 0.0519. The van der Waals surface area contributed by atoms with Crippen LogP contribution in [0.2, 0.25) is 0 Å². The van der Waals surface area contributed by atoms with Crippen LogP contribution in [0.15, 0.2) is 0 Å². The molecule has 0 aromatic heterocycles. The topological polar surface area (TPSA) is 58.6 Å². The van der Waals surface area contributed by atoms with E-state index in [-0.39, 0.29) is 24.3 Å². The summed E-state index contributed by atoms with van der Waals surface area (Å²) in [6.45, 7) is 3.70. The van der Waals surface area contributed by atoms with E-state index < -0.39 is 24.0 Å². The van der Waals surface area contributed by atoms with Crippen molar-refractivity contribution in [3.63, 3.8) is 0 Å². The first-order chi connectivity index (χ1) is 9.48. The average molecular weight is 308 g/mol. The standard InChI is InChI=1S/C13H19F3N2O3/c1-11(2)9(19)17-12(3,8-4-5-8)10(20)18(11)6-7-21-13(14,15)16/h8H,4-7H2,1-3H3,(H,17,19). The highest BCUT2D eigenvalue weighted by molar-refractivity contribution is 6.02. The van der Waals surface area contributed by atoms with Gasteiger partial charge in [0.15, 0.2) is 0 Å². The van der Waals surface area contributed by atoms with Crippen molar-refractivity contribution in [3.8, 4) is 0 Å². The van der Waals surface area contributed by atoms with Crippen LogP contribution in [0.5, 0.6) is 0 Å². The van der Waals surface area contributed by atoms with Gasteiger partial charge in [-0.15, -0.1) is 13.2 Å². The zero-order chi connectivity index (χ0) is 16.1. The molecule has 2 aliphatic rings. The molecule has 1 saturated heterocycles. The maximum Gasteiger partial charge on any atom is 0.522 e.